The molecular formula is C19H27N3O5. The summed E-state index contributed by atoms with van der Waals surface area (Å²) in [5, 5.41) is 4.02. The first-order valence-corrected chi connectivity index (χ1v) is 8.90. The van der Waals surface area contributed by atoms with Gasteiger partial charge in [-0.25, -0.2) is 0 Å². The Labute approximate surface area is 159 Å². The highest BCUT2D eigenvalue weighted by molar-refractivity contribution is 5.71. The van der Waals surface area contributed by atoms with Gasteiger partial charge >= 0.3 is 5.97 Å². The van der Waals surface area contributed by atoms with Gasteiger partial charge < -0.3 is 18.7 Å². The van der Waals surface area contributed by atoms with Gasteiger partial charge in [-0.3, -0.25) is 9.69 Å². The van der Waals surface area contributed by atoms with Crippen molar-refractivity contribution in [3.8, 4) is 11.5 Å². The van der Waals surface area contributed by atoms with Crippen molar-refractivity contribution < 1.29 is 23.5 Å². The number of esters is 1. The van der Waals surface area contributed by atoms with E-state index in [-0.39, 0.29) is 12.5 Å². The average molecular weight is 377 g/mol. The Bertz CT molecular complexity index is 710. The summed E-state index contributed by atoms with van der Waals surface area (Å²) >= 11 is 0. The number of benzene rings is 1. The fraction of sp³-hybridized carbons (Fsp3) is 0.526. The molecule has 8 heteroatoms. The maximum Gasteiger partial charge on any atom is 0.319 e. The van der Waals surface area contributed by atoms with Crippen molar-refractivity contribution in [3.05, 3.63) is 35.5 Å². The monoisotopic (exact) mass is 377 g/mol. The van der Waals surface area contributed by atoms with E-state index in [0.29, 0.717) is 36.3 Å². The topological polar surface area (TPSA) is 86.9 Å². The van der Waals surface area contributed by atoms with Crippen LogP contribution in [0, 0.1) is 0 Å². The molecule has 2 rings (SSSR count). The van der Waals surface area contributed by atoms with Crippen LogP contribution >= 0.6 is 0 Å². The zero-order valence-electron chi connectivity index (χ0n) is 16.4. The maximum absolute atomic E-state index is 11.8. The Hall–Kier alpha value is -2.61. The van der Waals surface area contributed by atoms with Crippen molar-refractivity contribution in [2.45, 2.75) is 39.3 Å². The summed E-state index contributed by atoms with van der Waals surface area (Å²) in [5.41, 5.74) is 0.935. The average Bonchev–Trinajstić information content (AvgIpc) is 3.12. The van der Waals surface area contributed by atoms with Crippen molar-refractivity contribution in [2.24, 2.45) is 0 Å². The second kappa shape index (κ2) is 10.5. The van der Waals surface area contributed by atoms with Crippen LogP contribution in [0.25, 0.3) is 0 Å². The number of ether oxygens (including phenoxy) is 3. The van der Waals surface area contributed by atoms with Gasteiger partial charge in [0.15, 0.2) is 5.82 Å². The van der Waals surface area contributed by atoms with Crippen LogP contribution in [0.15, 0.2) is 22.7 Å². The zero-order valence-corrected chi connectivity index (χ0v) is 16.4. The fourth-order valence-corrected chi connectivity index (χ4v) is 2.61. The fourth-order valence-electron chi connectivity index (χ4n) is 2.61. The molecule has 0 radical (unpaired) electrons. The van der Waals surface area contributed by atoms with Crippen LogP contribution in [0.1, 0.15) is 37.0 Å². The van der Waals surface area contributed by atoms with Crippen LogP contribution in [0.2, 0.25) is 0 Å². The number of hydrogen-bond donors (Lipinski definition) is 0. The predicted octanol–water partition coefficient (Wildman–Crippen LogP) is 2.60. The van der Waals surface area contributed by atoms with Gasteiger partial charge in [0.1, 0.15) is 11.5 Å². The van der Waals surface area contributed by atoms with E-state index in [1.165, 1.54) is 7.11 Å². The largest absolute Gasteiger partial charge is 0.497 e. The lowest BCUT2D eigenvalue weighted by atomic mass is 10.2. The first-order chi connectivity index (χ1) is 13.1. The molecule has 0 amide bonds. The molecule has 0 fully saturated rings. The van der Waals surface area contributed by atoms with Gasteiger partial charge in [0, 0.05) is 19.0 Å². The van der Waals surface area contributed by atoms with Crippen LogP contribution in [0.4, 0.5) is 0 Å². The van der Waals surface area contributed by atoms with Gasteiger partial charge in [-0.2, -0.15) is 4.98 Å². The number of aromatic nitrogens is 2. The molecule has 8 nitrogen and oxygen atoms in total. The van der Waals surface area contributed by atoms with E-state index in [1.807, 2.05) is 17.0 Å². The third-order valence-corrected chi connectivity index (χ3v) is 4.02. The van der Waals surface area contributed by atoms with Crippen LogP contribution in [0.3, 0.4) is 0 Å². The highest BCUT2D eigenvalue weighted by atomic mass is 16.5. The third-order valence-electron chi connectivity index (χ3n) is 4.02. The molecule has 0 saturated heterocycles. The molecule has 0 aliphatic heterocycles. The van der Waals surface area contributed by atoms with E-state index in [0.717, 1.165) is 24.8 Å². The lowest BCUT2D eigenvalue weighted by Crippen LogP contribution is -2.30. The van der Waals surface area contributed by atoms with Gasteiger partial charge in [-0.1, -0.05) is 18.5 Å². The van der Waals surface area contributed by atoms with Crippen LogP contribution in [-0.4, -0.2) is 48.9 Å². The molecule has 1 heterocycles. The minimum absolute atomic E-state index is 0.106. The van der Waals surface area contributed by atoms with E-state index >= 15 is 0 Å². The number of methoxy groups -OCH3 is 3. The number of hydrogen-bond acceptors (Lipinski definition) is 8. The molecule has 148 valence electrons. The van der Waals surface area contributed by atoms with E-state index in [4.69, 9.17) is 18.7 Å². The first kappa shape index (κ1) is 20.7. The molecule has 2 aromatic rings. The van der Waals surface area contributed by atoms with E-state index in [2.05, 4.69) is 17.1 Å². The molecule has 0 aliphatic carbocycles. The Morgan fingerprint density at radius 3 is 2.41 bits per heavy atom. The molecule has 1 aromatic heterocycles. The van der Waals surface area contributed by atoms with Gasteiger partial charge in [-0.05, 0) is 24.1 Å². The summed E-state index contributed by atoms with van der Waals surface area (Å²) in [6, 6.07) is 5.60. The molecule has 0 N–H and O–H groups in total. The molecule has 0 saturated carbocycles. The van der Waals surface area contributed by atoms with E-state index in [1.54, 1.807) is 20.3 Å². The number of carbonyl (C=O) groups excluding carboxylic acids is 1. The molecule has 0 spiro atoms. The van der Waals surface area contributed by atoms with E-state index < -0.39 is 0 Å². The Kier molecular flexibility index (Phi) is 8.06. The Morgan fingerprint density at radius 2 is 1.81 bits per heavy atom. The molecule has 27 heavy (non-hydrogen) atoms. The lowest BCUT2D eigenvalue weighted by Gasteiger charge is -2.20. The van der Waals surface area contributed by atoms with Crippen LogP contribution in [-0.2, 0) is 29.0 Å². The summed E-state index contributed by atoms with van der Waals surface area (Å²) in [6.07, 6.45) is 2.81. The predicted molar refractivity (Wildman–Crippen MR) is 98.6 cm³/mol. The summed E-state index contributed by atoms with van der Waals surface area (Å²) in [5.74, 6) is 2.19. The number of carbonyl (C=O) groups is 1. The molecule has 0 bridgehead atoms. The van der Waals surface area contributed by atoms with Gasteiger partial charge in [0.05, 0.1) is 34.4 Å². The highest BCUT2D eigenvalue weighted by Gasteiger charge is 2.17. The molecule has 0 atom stereocenters. The minimum Gasteiger partial charge on any atom is -0.497 e. The van der Waals surface area contributed by atoms with Crippen molar-refractivity contribution in [1.82, 2.24) is 15.0 Å². The minimum atomic E-state index is -0.334. The normalized spacial score (nSPS) is 10.9. The van der Waals surface area contributed by atoms with Crippen molar-refractivity contribution >= 4 is 5.97 Å². The third kappa shape index (κ3) is 6.56. The van der Waals surface area contributed by atoms with E-state index in [9.17, 15) is 4.79 Å². The van der Waals surface area contributed by atoms with Crippen molar-refractivity contribution in [3.63, 3.8) is 0 Å². The maximum atomic E-state index is 11.8. The van der Waals surface area contributed by atoms with Crippen molar-refractivity contribution in [1.29, 1.82) is 0 Å². The Balaban J connectivity index is 2.14. The summed E-state index contributed by atoms with van der Waals surface area (Å²) in [4.78, 5) is 18.1. The lowest BCUT2D eigenvalue weighted by molar-refractivity contribution is -0.142. The quantitative estimate of drug-likeness (QED) is 0.552. The summed E-state index contributed by atoms with van der Waals surface area (Å²) < 4.78 is 20.7. The van der Waals surface area contributed by atoms with Crippen LogP contribution < -0.4 is 9.47 Å². The zero-order chi connectivity index (χ0) is 19.6. The highest BCUT2D eigenvalue weighted by Crippen LogP contribution is 2.23. The Morgan fingerprint density at radius 1 is 1.11 bits per heavy atom. The van der Waals surface area contributed by atoms with Crippen LogP contribution in [0.5, 0.6) is 11.5 Å². The first-order valence-electron chi connectivity index (χ1n) is 8.90. The second-order valence-electron chi connectivity index (χ2n) is 6.15. The number of aryl methyl sites for hydroxylation is 1. The standard InChI is InChI=1S/C19H27N3O5/c1-5-6-7-18-20-17(21-27-18)12-22(13-19(23)26-4)11-14-8-15(24-2)10-16(9-14)25-3/h8-10H,5-7,11-13H2,1-4H3. The molecule has 0 aliphatic rings. The number of rotatable bonds is 11. The molecule has 0 unspecified atom stereocenters. The number of unbranched alkanes of at least 4 members (excludes halogenated alkanes) is 1. The smallest absolute Gasteiger partial charge is 0.319 e. The molecule has 1 aromatic carbocycles. The van der Waals surface area contributed by atoms with Gasteiger partial charge in [0.25, 0.3) is 0 Å². The summed E-state index contributed by atoms with van der Waals surface area (Å²) in [6.45, 7) is 3.05. The van der Waals surface area contributed by atoms with Gasteiger partial charge in [0.2, 0.25) is 5.89 Å². The number of nitrogens with zero attached hydrogens (tertiary/aromatic N) is 3. The second-order valence-corrected chi connectivity index (χ2v) is 6.15. The SMILES string of the molecule is CCCCc1nc(CN(CC(=O)OC)Cc2cc(OC)cc(OC)c2)no1. The summed E-state index contributed by atoms with van der Waals surface area (Å²) in [7, 11) is 4.57. The molecular weight excluding hydrogens is 350 g/mol. The van der Waals surface area contributed by atoms with Gasteiger partial charge in [-0.15, -0.1) is 0 Å². The van der Waals surface area contributed by atoms with Crippen molar-refractivity contribution in [2.75, 3.05) is 27.9 Å².